The van der Waals surface area contributed by atoms with Crippen LogP contribution < -0.4 is 15.5 Å². The summed E-state index contributed by atoms with van der Waals surface area (Å²) >= 11 is 0. The van der Waals surface area contributed by atoms with Crippen LogP contribution in [0.4, 0.5) is 0 Å². The monoisotopic (exact) mass is 305 g/mol. The van der Waals surface area contributed by atoms with E-state index in [1.54, 1.807) is 6.07 Å². The molecule has 0 heterocycles. The predicted molar refractivity (Wildman–Crippen MR) is 76.9 cm³/mol. The number of carboxylic acid groups (broad SMARTS) is 1. The molecule has 2 rings (SSSR count). The number of nitrogens with zero attached hydrogens (tertiary/aromatic N) is 1. The van der Waals surface area contributed by atoms with Gasteiger partial charge in [0.1, 0.15) is 11.3 Å². The second-order valence-electron chi connectivity index (χ2n) is 4.71. The molecule has 0 unspecified atom stereocenters. The van der Waals surface area contributed by atoms with Crippen LogP contribution in [0.5, 0.6) is 5.75 Å². The van der Waals surface area contributed by atoms with Gasteiger partial charge in [-0.1, -0.05) is 0 Å². The summed E-state index contributed by atoms with van der Waals surface area (Å²) in [4.78, 5) is 33.9. The maximum absolute atomic E-state index is 11.4. The van der Waals surface area contributed by atoms with Crippen LogP contribution in [-0.4, -0.2) is 42.3 Å². The molecular weight excluding hydrogens is 290 g/mol. The minimum atomic E-state index is -1.14. The smallest absolute Gasteiger partial charge is 0.339 e. The third-order valence-corrected chi connectivity index (χ3v) is 2.95. The van der Waals surface area contributed by atoms with Crippen molar-refractivity contribution >= 4 is 24.0 Å². The molecule has 0 spiro atoms. The van der Waals surface area contributed by atoms with Crippen molar-refractivity contribution in [3.8, 4) is 5.75 Å². The quantitative estimate of drug-likeness (QED) is 0.406. The molecule has 1 aliphatic rings. The van der Waals surface area contributed by atoms with Crippen LogP contribution in [0, 0.1) is 0 Å². The second kappa shape index (κ2) is 6.70. The van der Waals surface area contributed by atoms with Gasteiger partial charge in [0, 0.05) is 6.04 Å². The van der Waals surface area contributed by atoms with Gasteiger partial charge in [-0.2, -0.15) is 5.10 Å². The Morgan fingerprint density at radius 1 is 1.32 bits per heavy atom. The first-order chi connectivity index (χ1) is 10.5. The van der Waals surface area contributed by atoms with Gasteiger partial charge >= 0.3 is 17.8 Å². The number of nitrogens with one attached hydrogen (secondary N) is 2. The average molecular weight is 305 g/mol. The number of hydrogen-bond donors (Lipinski definition) is 3. The van der Waals surface area contributed by atoms with E-state index < -0.39 is 17.8 Å². The molecule has 2 amide bonds. The molecule has 22 heavy (non-hydrogen) atoms. The van der Waals surface area contributed by atoms with Crippen LogP contribution in [-0.2, 0) is 9.59 Å². The van der Waals surface area contributed by atoms with Crippen molar-refractivity contribution in [3.05, 3.63) is 29.3 Å². The Bertz CT molecular complexity index is 637. The summed E-state index contributed by atoms with van der Waals surface area (Å²) in [5.74, 6) is -2.52. The number of benzene rings is 1. The minimum Gasteiger partial charge on any atom is -0.496 e. The van der Waals surface area contributed by atoms with E-state index in [9.17, 15) is 14.4 Å². The van der Waals surface area contributed by atoms with E-state index >= 15 is 0 Å². The summed E-state index contributed by atoms with van der Waals surface area (Å²) in [6, 6.07) is 4.49. The van der Waals surface area contributed by atoms with Crippen molar-refractivity contribution in [1.29, 1.82) is 0 Å². The Labute approximate surface area is 126 Å². The molecule has 1 aliphatic carbocycles. The third-order valence-electron chi connectivity index (χ3n) is 2.95. The molecule has 0 atom stereocenters. The largest absolute Gasteiger partial charge is 0.496 e. The van der Waals surface area contributed by atoms with Gasteiger partial charge < -0.3 is 15.2 Å². The lowest BCUT2D eigenvalue weighted by Gasteiger charge is -2.05. The van der Waals surface area contributed by atoms with Gasteiger partial charge in [0.2, 0.25) is 0 Å². The molecule has 1 aromatic carbocycles. The van der Waals surface area contributed by atoms with E-state index in [2.05, 4.69) is 15.8 Å². The highest BCUT2D eigenvalue weighted by atomic mass is 16.5. The SMILES string of the molecule is COc1ccc(/C=N\NC(=O)C(=O)NC2CC2)cc1C(=O)O. The van der Waals surface area contributed by atoms with Gasteiger partial charge in [-0.15, -0.1) is 0 Å². The summed E-state index contributed by atoms with van der Waals surface area (Å²) in [5.41, 5.74) is 2.50. The highest BCUT2D eigenvalue weighted by Crippen LogP contribution is 2.19. The topological polar surface area (TPSA) is 117 Å². The van der Waals surface area contributed by atoms with Gasteiger partial charge in [0.15, 0.2) is 0 Å². The Kier molecular flexibility index (Phi) is 4.72. The molecule has 116 valence electrons. The number of ether oxygens (including phenoxy) is 1. The van der Waals surface area contributed by atoms with E-state index in [-0.39, 0.29) is 17.4 Å². The van der Waals surface area contributed by atoms with Crippen LogP contribution in [0.1, 0.15) is 28.8 Å². The summed E-state index contributed by atoms with van der Waals surface area (Å²) < 4.78 is 4.93. The highest BCUT2D eigenvalue weighted by Gasteiger charge is 2.26. The minimum absolute atomic E-state index is 0.0238. The molecule has 0 radical (unpaired) electrons. The fourth-order valence-corrected chi connectivity index (χ4v) is 1.67. The van der Waals surface area contributed by atoms with Crippen LogP contribution in [0.25, 0.3) is 0 Å². The van der Waals surface area contributed by atoms with E-state index in [0.29, 0.717) is 5.56 Å². The van der Waals surface area contributed by atoms with Crippen LogP contribution in [0.15, 0.2) is 23.3 Å². The summed E-state index contributed by atoms with van der Waals surface area (Å²) in [6.07, 6.45) is 3.01. The Hall–Kier alpha value is -2.90. The molecule has 8 nitrogen and oxygen atoms in total. The van der Waals surface area contributed by atoms with Gasteiger partial charge in [0.05, 0.1) is 13.3 Å². The number of carbonyl (C=O) groups excluding carboxylic acids is 2. The molecule has 3 N–H and O–H groups in total. The first kappa shape index (κ1) is 15.5. The van der Waals surface area contributed by atoms with Crippen molar-refractivity contribution in [3.63, 3.8) is 0 Å². The predicted octanol–water partition coefficient (Wildman–Crippen LogP) is 0.122. The number of methoxy groups -OCH3 is 1. The maximum atomic E-state index is 11.4. The average Bonchev–Trinajstić information content (AvgIpc) is 3.30. The molecule has 0 aliphatic heterocycles. The Balaban J connectivity index is 1.97. The Morgan fingerprint density at radius 3 is 2.64 bits per heavy atom. The third kappa shape index (κ3) is 4.05. The molecule has 0 saturated heterocycles. The van der Waals surface area contributed by atoms with E-state index in [1.807, 2.05) is 0 Å². The van der Waals surface area contributed by atoms with Gasteiger partial charge in [0.25, 0.3) is 0 Å². The normalized spacial score (nSPS) is 13.7. The van der Waals surface area contributed by atoms with Gasteiger partial charge in [-0.05, 0) is 36.6 Å². The molecule has 8 heteroatoms. The Morgan fingerprint density at radius 2 is 2.05 bits per heavy atom. The number of rotatable bonds is 5. The van der Waals surface area contributed by atoms with Gasteiger partial charge in [-0.25, -0.2) is 10.2 Å². The summed E-state index contributed by atoms with van der Waals surface area (Å²) in [6.45, 7) is 0. The molecule has 0 bridgehead atoms. The molecule has 1 aromatic rings. The highest BCUT2D eigenvalue weighted by molar-refractivity contribution is 6.35. The van der Waals surface area contributed by atoms with Crippen molar-refractivity contribution in [2.75, 3.05) is 7.11 Å². The van der Waals surface area contributed by atoms with Crippen molar-refractivity contribution < 1.29 is 24.2 Å². The molecule has 1 saturated carbocycles. The number of amides is 2. The van der Waals surface area contributed by atoms with Crippen molar-refractivity contribution in [2.45, 2.75) is 18.9 Å². The summed E-state index contributed by atoms with van der Waals surface area (Å²) in [5, 5.41) is 15.2. The zero-order valence-electron chi connectivity index (χ0n) is 11.8. The lowest BCUT2D eigenvalue weighted by atomic mass is 10.1. The van der Waals surface area contributed by atoms with Crippen LogP contribution in [0.2, 0.25) is 0 Å². The fourth-order valence-electron chi connectivity index (χ4n) is 1.67. The zero-order chi connectivity index (χ0) is 16.1. The van der Waals surface area contributed by atoms with Gasteiger partial charge in [-0.3, -0.25) is 9.59 Å². The fraction of sp³-hybridized carbons (Fsp3) is 0.286. The maximum Gasteiger partial charge on any atom is 0.339 e. The van der Waals surface area contributed by atoms with Crippen LogP contribution >= 0.6 is 0 Å². The second-order valence-corrected chi connectivity index (χ2v) is 4.71. The summed E-state index contributed by atoms with van der Waals surface area (Å²) in [7, 11) is 1.37. The number of carboxylic acids is 1. The first-order valence-corrected chi connectivity index (χ1v) is 6.56. The van der Waals surface area contributed by atoms with Crippen molar-refractivity contribution in [2.24, 2.45) is 5.10 Å². The standard InChI is InChI=1S/C14H15N3O5/c1-22-11-5-2-8(6-10(11)14(20)21)7-15-17-13(19)12(18)16-9-3-4-9/h2,5-7,9H,3-4H2,1H3,(H,16,18)(H,17,19)(H,20,21)/b15-7-. The number of hydrogen-bond acceptors (Lipinski definition) is 5. The first-order valence-electron chi connectivity index (χ1n) is 6.56. The van der Waals surface area contributed by atoms with Crippen LogP contribution in [0.3, 0.4) is 0 Å². The number of carbonyl (C=O) groups is 3. The van der Waals surface area contributed by atoms with E-state index in [4.69, 9.17) is 9.84 Å². The molecule has 1 fully saturated rings. The van der Waals surface area contributed by atoms with Crippen molar-refractivity contribution in [1.82, 2.24) is 10.7 Å². The number of aromatic carboxylic acids is 1. The number of hydrazone groups is 1. The lowest BCUT2D eigenvalue weighted by Crippen LogP contribution is -2.38. The molecule has 0 aromatic heterocycles. The molecular formula is C14H15N3O5. The zero-order valence-corrected chi connectivity index (χ0v) is 11.8. The lowest BCUT2D eigenvalue weighted by molar-refractivity contribution is -0.139. The van der Waals surface area contributed by atoms with E-state index in [1.165, 1.54) is 25.5 Å². The van der Waals surface area contributed by atoms with E-state index in [0.717, 1.165) is 12.8 Å².